The molecule has 1 fully saturated rings. The summed E-state index contributed by atoms with van der Waals surface area (Å²) in [5.41, 5.74) is 0.741. The molecule has 2 amide bonds. The summed E-state index contributed by atoms with van der Waals surface area (Å²) in [5, 5.41) is 5.37. The van der Waals surface area contributed by atoms with Gasteiger partial charge in [0.25, 0.3) is 0 Å². The molecule has 0 bridgehead atoms. The minimum atomic E-state index is -0.820. The van der Waals surface area contributed by atoms with E-state index >= 15 is 0 Å². The number of para-hydroxylation sites is 1. The number of carbonyl (C=O) groups is 3. The van der Waals surface area contributed by atoms with Crippen LogP contribution in [0.5, 0.6) is 5.75 Å². The Kier molecular flexibility index (Phi) is 8.60. The van der Waals surface area contributed by atoms with Crippen molar-refractivity contribution in [1.29, 1.82) is 0 Å². The Labute approximate surface area is 175 Å². The van der Waals surface area contributed by atoms with Crippen LogP contribution < -0.4 is 15.4 Å². The third-order valence-electron chi connectivity index (χ3n) is 4.20. The molecule has 1 aliphatic rings. The van der Waals surface area contributed by atoms with Crippen molar-refractivity contribution in [3.05, 3.63) is 35.9 Å². The van der Waals surface area contributed by atoms with Gasteiger partial charge >= 0.3 is 5.97 Å². The summed E-state index contributed by atoms with van der Waals surface area (Å²) in [5.74, 6) is -0.619. The Balaban J connectivity index is 2.00. The van der Waals surface area contributed by atoms with Gasteiger partial charge in [-0.1, -0.05) is 25.1 Å². The van der Waals surface area contributed by atoms with Crippen LogP contribution in [-0.4, -0.2) is 60.6 Å². The predicted octanol–water partition coefficient (Wildman–Crippen LogP) is 1.25. The second kappa shape index (κ2) is 11.2. The fourth-order valence-corrected chi connectivity index (χ4v) is 3.10. The fourth-order valence-electron chi connectivity index (χ4n) is 2.78. The molecule has 1 atom stereocenters. The highest BCUT2D eigenvalue weighted by atomic mass is 32.1. The Morgan fingerprint density at radius 3 is 2.86 bits per heavy atom. The lowest BCUT2D eigenvalue weighted by Gasteiger charge is -2.36. The van der Waals surface area contributed by atoms with Crippen LogP contribution in [0, 0.1) is 0 Å². The first-order valence-electron chi connectivity index (χ1n) is 9.32. The summed E-state index contributed by atoms with van der Waals surface area (Å²) in [6.45, 7) is 2.93. The van der Waals surface area contributed by atoms with E-state index in [1.807, 2.05) is 25.1 Å². The van der Waals surface area contributed by atoms with Gasteiger partial charge < -0.3 is 19.7 Å². The number of methoxy groups -OCH3 is 1. The van der Waals surface area contributed by atoms with E-state index in [0.717, 1.165) is 5.56 Å². The minimum absolute atomic E-state index is 0.0859. The highest BCUT2D eigenvalue weighted by molar-refractivity contribution is 7.80. The third-order valence-corrected chi connectivity index (χ3v) is 4.54. The van der Waals surface area contributed by atoms with Crippen LogP contribution in [0.15, 0.2) is 30.3 Å². The molecule has 9 heteroatoms. The van der Waals surface area contributed by atoms with Crippen molar-refractivity contribution in [1.82, 2.24) is 15.5 Å². The molecular formula is C20H25N3O5S. The first-order chi connectivity index (χ1) is 14.0. The number of nitrogens with zero attached hydrogens (tertiary/aromatic N) is 1. The highest BCUT2D eigenvalue weighted by Crippen LogP contribution is 2.18. The molecule has 1 aromatic rings. The lowest BCUT2D eigenvalue weighted by Crippen LogP contribution is -2.60. The monoisotopic (exact) mass is 419 g/mol. The van der Waals surface area contributed by atoms with Crippen molar-refractivity contribution in [2.45, 2.75) is 25.8 Å². The first-order valence-corrected chi connectivity index (χ1v) is 9.73. The molecule has 0 aliphatic carbocycles. The number of hydrogen-bond acceptors (Lipinski definition) is 6. The van der Waals surface area contributed by atoms with E-state index in [1.54, 1.807) is 19.3 Å². The molecule has 1 aromatic carbocycles. The van der Waals surface area contributed by atoms with E-state index in [1.165, 1.54) is 11.0 Å². The van der Waals surface area contributed by atoms with Gasteiger partial charge in [0.15, 0.2) is 5.11 Å². The second-order valence-corrected chi connectivity index (χ2v) is 6.68. The molecule has 29 heavy (non-hydrogen) atoms. The number of rotatable bonds is 7. The number of thiocarbonyl (C=S) groups is 1. The number of esters is 1. The number of hydrogen-bond donors (Lipinski definition) is 2. The average Bonchev–Trinajstić information content (AvgIpc) is 2.72. The SMILES string of the molecule is CCCOC(=O)CC1C(=O)NCCN1C(=S)NC(=O)/C=C/c1ccccc1OC. The molecular weight excluding hydrogens is 394 g/mol. The Hall–Kier alpha value is -2.94. The second-order valence-electron chi connectivity index (χ2n) is 6.29. The zero-order chi connectivity index (χ0) is 21.2. The first kappa shape index (κ1) is 22.4. The maximum atomic E-state index is 12.3. The maximum Gasteiger partial charge on any atom is 0.308 e. The molecule has 1 unspecified atom stereocenters. The van der Waals surface area contributed by atoms with Gasteiger partial charge in [-0.25, -0.2) is 0 Å². The molecule has 1 saturated heterocycles. The normalized spacial score (nSPS) is 16.3. The van der Waals surface area contributed by atoms with Crippen LogP contribution in [0.3, 0.4) is 0 Å². The summed E-state index contributed by atoms with van der Waals surface area (Å²) >= 11 is 5.30. The van der Waals surface area contributed by atoms with E-state index < -0.39 is 17.9 Å². The Bertz CT molecular complexity index is 796. The van der Waals surface area contributed by atoms with Crippen molar-refractivity contribution in [3.63, 3.8) is 0 Å². The van der Waals surface area contributed by atoms with Gasteiger partial charge in [-0.05, 0) is 30.8 Å². The number of piperazine rings is 1. The number of benzene rings is 1. The van der Waals surface area contributed by atoms with Gasteiger partial charge in [0.05, 0.1) is 20.1 Å². The number of ether oxygens (including phenoxy) is 2. The molecule has 0 saturated carbocycles. The van der Waals surface area contributed by atoms with Crippen molar-refractivity contribution in [3.8, 4) is 5.75 Å². The van der Waals surface area contributed by atoms with E-state index in [0.29, 0.717) is 31.9 Å². The topological polar surface area (TPSA) is 97.0 Å². The molecule has 0 radical (unpaired) electrons. The number of nitrogens with one attached hydrogen (secondary N) is 2. The lowest BCUT2D eigenvalue weighted by atomic mass is 10.1. The summed E-state index contributed by atoms with van der Waals surface area (Å²) in [7, 11) is 1.55. The quantitative estimate of drug-likeness (QED) is 0.390. The van der Waals surface area contributed by atoms with Crippen molar-refractivity contribution >= 4 is 41.2 Å². The smallest absolute Gasteiger partial charge is 0.308 e. The molecule has 0 aromatic heterocycles. The van der Waals surface area contributed by atoms with Crippen LogP contribution in [0.25, 0.3) is 6.08 Å². The zero-order valence-electron chi connectivity index (χ0n) is 16.5. The van der Waals surface area contributed by atoms with Crippen molar-refractivity contribution < 1.29 is 23.9 Å². The summed E-state index contributed by atoms with van der Waals surface area (Å²) in [6, 6.07) is 6.45. The van der Waals surface area contributed by atoms with Gasteiger partial charge in [0.1, 0.15) is 11.8 Å². The highest BCUT2D eigenvalue weighted by Gasteiger charge is 2.34. The third kappa shape index (κ3) is 6.56. The molecule has 2 rings (SSSR count). The van der Waals surface area contributed by atoms with Crippen LogP contribution >= 0.6 is 12.2 Å². The van der Waals surface area contributed by atoms with Gasteiger partial charge in [-0.15, -0.1) is 0 Å². The maximum absolute atomic E-state index is 12.3. The molecule has 156 valence electrons. The molecule has 1 heterocycles. The predicted molar refractivity (Wildman–Crippen MR) is 112 cm³/mol. The van der Waals surface area contributed by atoms with E-state index in [-0.39, 0.29) is 17.4 Å². The van der Waals surface area contributed by atoms with E-state index in [2.05, 4.69) is 10.6 Å². The van der Waals surface area contributed by atoms with E-state index in [9.17, 15) is 14.4 Å². The summed E-state index contributed by atoms with van der Waals surface area (Å²) in [4.78, 5) is 38.0. The Morgan fingerprint density at radius 2 is 2.14 bits per heavy atom. The average molecular weight is 420 g/mol. The van der Waals surface area contributed by atoms with Gasteiger partial charge in [0, 0.05) is 24.7 Å². The molecule has 2 N–H and O–H groups in total. The largest absolute Gasteiger partial charge is 0.496 e. The van der Waals surface area contributed by atoms with Gasteiger partial charge in [-0.3, -0.25) is 19.7 Å². The lowest BCUT2D eigenvalue weighted by molar-refractivity contribution is -0.147. The Morgan fingerprint density at radius 1 is 1.38 bits per heavy atom. The summed E-state index contributed by atoms with van der Waals surface area (Å²) < 4.78 is 10.3. The fraction of sp³-hybridized carbons (Fsp3) is 0.400. The number of carbonyl (C=O) groups excluding carboxylic acids is 3. The van der Waals surface area contributed by atoms with Crippen LogP contribution in [0.4, 0.5) is 0 Å². The van der Waals surface area contributed by atoms with Crippen LogP contribution in [0.1, 0.15) is 25.3 Å². The van der Waals surface area contributed by atoms with Crippen molar-refractivity contribution in [2.75, 3.05) is 26.8 Å². The van der Waals surface area contributed by atoms with Crippen LogP contribution in [-0.2, 0) is 19.1 Å². The van der Waals surface area contributed by atoms with E-state index in [4.69, 9.17) is 21.7 Å². The number of amides is 2. The standard InChI is InChI=1S/C20H25N3O5S/c1-3-12-28-18(25)13-15-19(26)21-10-11-23(15)20(29)22-17(24)9-8-14-6-4-5-7-16(14)27-2/h4-9,15H,3,10-13H2,1-2H3,(H,21,26)(H,22,24,29)/b9-8+. The molecule has 8 nitrogen and oxygen atoms in total. The zero-order valence-corrected chi connectivity index (χ0v) is 17.3. The molecule has 0 spiro atoms. The van der Waals surface area contributed by atoms with Gasteiger partial charge in [-0.2, -0.15) is 0 Å². The minimum Gasteiger partial charge on any atom is -0.496 e. The summed E-state index contributed by atoms with van der Waals surface area (Å²) in [6.07, 6.45) is 3.50. The van der Waals surface area contributed by atoms with Gasteiger partial charge in [0.2, 0.25) is 11.8 Å². The molecule has 1 aliphatic heterocycles. The van der Waals surface area contributed by atoms with Crippen molar-refractivity contribution in [2.24, 2.45) is 0 Å². The van der Waals surface area contributed by atoms with Crippen LogP contribution in [0.2, 0.25) is 0 Å².